The summed E-state index contributed by atoms with van der Waals surface area (Å²) >= 11 is 5.85. The fourth-order valence-electron chi connectivity index (χ4n) is 1.64. The van der Waals surface area contributed by atoms with Crippen molar-refractivity contribution in [3.05, 3.63) is 34.9 Å². The van der Waals surface area contributed by atoms with Gasteiger partial charge in [0.25, 0.3) is 0 Å². The zero-order valence-electron chi connectivity index (χ0n) is 12.1. The minimum atomic E-state index is -0.350. The summed E-state index contributed by atoms with van der Waals surface area (Å²) < 4.78 is 0. The number of hydrogen-bond acceptors (Lipinski definition) is 3. The molecule has 0 fully saturated rings. The predicted octanol–water partition coefficient (Wildman–Crippen LogP) is 1.23. The van der Waals surface area contributed by atoms with Gasteiger partial charge in [-0.3, -0.25) is 9.59 Å². The van der Waals surface area contributed by atoms with Gasteiger partial charge in [0.15, 0.2) is 0 Å². The van der Waals surface area contributed by atoms with Crippen LogP contribution in [0.1, 0.15) is 19.4 Å². The molecule has 2 amide bonds. The Kier molecular flexibility index (Phi) is 8.32. The van der Waals surface area contributed by atoms with Gasteiger partial charge in [-0.25, -0.2) is 0 Å². The lowest BCUT2D eigenvalue weighted by Crippen LogP contribution is -2.43. The SMILES string of the molecule is CC(C)(CNC(=O)CNC(=O)CN)c1ccc(Cl)cc1.Cl. The van der Waals surface area contributed by atoms with Crippen LogP contribution in [0, 0.1) is 0 Å². The molecule has 0 aromatic heterocycles. The van der Waals surface area contributed by atoms with E-state index in [1.165, 1.54) is 0 Å². The van der Waals surface area contributed by atoms with Crippen molar-refractivity contribution in [1.29, 1.82) is 0 Å². The minimum Gasteiger partial charge on any atom is -0.354 e. The first-order valence-corrected chi connectivity index (χ1v) is 6.72. The predicted molar refractivity (Wildman–Crippen MR) is 86.8 cm³/mol. The summed E-state index contributed by atoms with van der Waals surface area (Å²) in [6, 6.07) is 7.51. The molecule has 21 heavy (non-hydrogen) atoms. The number of nitrogens with two attached hydrogens (primary N) is 1. The van der Waals surface area contributed by atoms with Crippen LogP contribution in [0.3, 0.4) is 0 Å². The van der Waals surface area contributed by atoms with Gasteiger partial charge in [-0.2, -0.15) is 0 Å². The quantitative estimate of drug-likeness (QED) is 0.732. The molecular weight excluding hydrogens is 313 g/mol. The van der Waals surface area contributed by atoms with Crippen LogP contribution in [0.4, 0.5) is 0 Å². The standard InChI is InChI=1S/C14H20ClN3O2.ClH/c1-14(2,10-3-5-11(15)6-4-10)9-18-13(20)8-17-12(19)7-16;/h3-6H,7-9,16H2,1-2H3,(H,17,19)(H,18,20);1H. The second-order valence-corrected chi connectivity index (χ2v) is 5.58. The summed E-state index contributed by atoms with van der Waals surface area (Å²) in [5, 5.41) is 5.89. The van der Waals surface area contributed by atoms with E-state index in [9.17, 15) is 9.59 Å². The van der Waals surface area contributed by atoms with Gasteiger partial charge in [-0.15, -0.1) is 12.4 Å². The molecule has 0 aliphatic carbocycles. The summed E-state index contributed by atoms with van der Waals surface area (Å²) in [6.07, 6.45) is 0. The fourth-order valence-corrected chi connectivity index (χ4v) is 1.76. The molecule has 0 spiro atoms. The highest BCUT2D eigenvalue weighted by molar-refractivity contribution is 6.30. The van der Waals surface area contributed by atoms with E-state index in [-0.39, 0.29) is 42.7 Å². The smallest absolute Gasteiger partial charge is 0.239 e. The number of amides is 2. The van der Waals surface area contributed by atoms with E-state index in [0.717, 1.165) is 5.56 Å². The molecule has 1 aromatic carbocycles. The molecule has 1 rings (SSSR count). The van der Waals surface area contributed by atoms with Gasteiger partial charge in [-0.1, -0.05) is 37.6 Å². The Balaban J connectivity index is 0.00000400. The van der Waals surface area contributed by atoms with Crippen LogP contribution in [0.15, 0.2) is 24.3 Å². The summed E-state index contributed by atoms with van der Waals surface area (Å²) in [4.78, 5) is 22.5. The molecule has 0 heterocycles. The molecule has 0 aliphatic heterocycles. The second-order valence-electron chi connectivity index (χ2n) is 5.15. The van der Waals surface area contributed by atoms with Gasteiger partial charge >= 0.3 is 0 Å². The van der Waals surface area contributed by atoms with Gasteiger partial charge in [0.05, 0.1) is 13.1 Å². The van der Waals surface area contributed by atoms with Crippen LogP contribution in [0.2, 0.25) is 5.02 Å². The Morgan fingerprint density at radius 2 is 1.71 bits per heavy atom. The lowest BCUT2D eigenvalue weighted by atomic mass is 9.84. The monoisotopic (exact) mass is 333 g/mol. The molecule has 4 N–H and O–H groups in total. The highest BCUT2D eigenvalue weighted by Crippen LogP contribution is 2.23. The van der Waals surface area contributed by atoms with E-state index in [0.29, 0.717) is 11.6 Å². The lowest BCUT2D eigenvalue weighted by Gasteiger charge is -2.25. The molecule has 0 radical (unpaired) electrons. The Morgan fingerprint density at radius 1 is 1.14 bits per heavy atom. The summed E-state index contributed by atoms with van der Waals surface area (Å²) in [5.74, 6) is -0.592. The average molecular weight is 334 g/mol. The summed E-state index contributed by atoms with van der Waals surface area (Å²) in [6.45, 7) is 4.33. The van der Waals surface area contributed by atoms with E-state index in [2.05, 4.69) is 10.6 Å². The molecule has 5 nitrogen and oxygen atoms in total. The number of hydrogen-bond donors (Lipinski definition) is 3. The van der Waals surface area contributed by atoms with Crippen LogP contribution in [0.25, 0.3) is 0 Å². The Hall–Kier alpha value is -1.30. The first-order chi connectivity index (χ1) is 9.35. The minimum absolute atomic E-state index is 0. The van der Waals surface area contributed by atoms with Crippen molar-refractivity contribution in [2.24, 2.45) is 5.73 Å². The molecule has 0 unspecified atom stereocenters. The van der Waals surface area contributed by atoms with E-state index in [1.54, 1.807) is 0 Å². The van der Waals surface area contributed by atoms with Gasteiger partial charge in [0.2, 0.25) is 11.8 Å². The zero-order valence-corrected chi connectivity index (χ0v) is 13.7. The highest BCUT2D eigenvalue weighted by Gasteiger charge is 2.21. The van der Waals surface area contributed by atoms with E-state index in [4.69, 9.17) is 17.3 Å². The first kappa shape index (κ1) is 19.7. The maximum absolute atomic E-state index is 11.6. The van der Waals surface area contributed by atoms with Crippen molar-refractivity contribution >= 4 is 35.8 Å². The number of benzene rings is 1. The number of carbonyl (C=O) groups excluding carboxylic acids is 2. The van der Waals surface area contributed by atoms with Crippen LogP contribution in [-0.2, 0) is 15.0 Å². The molecule has 0 saturated carbocycles. The van der Waals surface area contributed by atoms with Gasteiger partial charge < -0.3 is 16.4 Å². The maximum Gasteiger partial charge on any atom is 0.239 e. The molecule has 1 aromatic rings. The molecule has 0 bridgehead atoms. The topological polar surface area (TPSA) is 84.2 Å². The van der Waals surface area contributed by atoms with E-state index < -0.39 is 0 Å². The van der Waals surface area contributed by atoms with Gasteiger partial charge in [0, 0.05) is 17.0 Å². The van der Waals surface area contributed by atoms with E-state index in [1.807, 2.05) is 38.1 Å². The van der Waals surface area contributed by atoms with Crippen molar-refractivity contribution in [2.75, 3.05) is 19.6 Å². The molecule has 118 valence electrons. The number of halogens is 2. The van der Waals surface area contributed by atoms with Gasteiger partial charge in [-0.05, 0) is 17.7 Å². The van der Waals surface area contributed by atoms with Crippen LogP contribution in [0.5, 0.6) is 0 Å². The third-order valence-corrected chi connectivity index (χ3v) is 3.24. The van der Waals surface area contributed by atoms with Crippen molar-refractivity contribution in [2.45, 2.75) is 19.3 Å². The van der Waals surface area contributed by atoms with Crippen molar-refractivity contribution < 1.29 is 9.59 Å². The summed E-state index contributed by atoms with van der Waals surface area (Å²) in [7, 11) is 0. The van der Waals surface area contributed by atoms with Crippen LogP contribution in [-0.4, -0.2) is 31.4 Å². The average Bonchev–Trinajstić information content (AvgIpc) is 2.43. The Labute approximate surface area is 136 Å². The van der Waals surface area contributed by atoms with Crippen molar-refractivity contribution in [3.63, 3.8) is 0 Å². The van der Waals surface area contributed by atoms with Crippen molar-refractivity contribution in [1.82, 2.24) is 10.6 Å². The molecule has 0 aliphatic rings. The van der Waals surface area contributed by atoms with Gasteiger partial charge in [0.1, 0.15) is 0 Å². The Bertz CT molecular complexity index is 476. The number of nitrogens with one attached hydrogen (secondary N) is 2. The third-order valence-electron chi connectivity index (χ3n) is 2.98. The first-order valence-electron chi connectivity index (χ1n) is 6.34. The third kappa shape index (κ3) is 6.80. The number of rotatable bonds is 6. The molecule has 0 atom stereocenters. The largest absolute Gasteiger partial charge is 0.354 e. The molecular formula is C14H21Cl2N3O2. The summed E-state index contributed by atoms with van der Waals surface area (Å²) in [5.41, 5.74) is 5.99. The maximum atomic E-state index is 11.6. The fraction of sp³-hybridized carbons (Fsp3) is 0.429. The highest BCUT2D eigenvalue weighted by atomic mass is 35.5. The zero-order chi connectivity index (χ0) is 15.2. The van der Waals surface area contributed by atoms with E-state index >= 15 is 0 Å². The van der Waals surface area contributed by atoms with Crippen LogP contribution < -0.4 is 16.4 Å². The second kappa shape index (κ2) is 8.87. The van der Waals surface area contributed by atoms with Crippen LogP contribution >= 0.6 is 24.0 Å². The molecule has 0 saturated heterocycles. The molecule has 7 heteroatoms. The number of carbonyl (C=O) groups is 2. The normalized spacial score (nSPS) is 10.5. The lowest BCUT2D eigenvalue weighted by molar-refractivity contribution is -0.125. The Morgan fingerprint density at radius 3 is 2.24 bits per heavy atom. The van der Waals surface area contributed by atoms with Crippen molar-refractivity contribution in [3.8, 4) is 0 Å².